The molecule has 21 heavy (non-hydrogen) atoms. The van der Waals surface area contributed by atoms with Gasteiger partial charge in [0.15, 0.2) is 0 Å². The molecule has 0 saturated heterocycles. The van der Waals surface area contributed by atoms with Gasteiger partial charge in [-0.1, -0.05) is 48.5 Å². The van der Waals surface area contributed by atoms with E-state index >= 15 is 0 Å². The van der Waals surface area contributed by atoms with Crippen molar-refractivity contribution >= 4 is 21.8 Å². The molecule has 0 bridgehead atoms. The van der Waals surface area contributed by atoms with Crippen LogP contribution < -0.4 is 10.1 Å². The average Bonchev–Trinajstić information content (AvgIpc) is 2.49. The minimum Gasteiger partial charge on any atom is -0.496 e. The van der Waals surface area contributed by atoms with Crippen molar-refractivity contribution in [3.63, 3.8) is 0 Å². The van der Waals surface area contributed by atoms with Crippen molar-refractivity contribution in [3.8, 4) is 5.75 Å². The van der Waals surface area contributed by atoms with Gasteiger partial charge in [0.1, 0.15) is 5.75 Å². The summed E-state index contributed by atoms with van der Waals surface area (Å²) in [6.45, 7) is 3.08. The molecular weight excluding hydrogens is 330 g/mol. The van der Waals surface area contributed by atoms with Gasteiger partial charge in [0, 0.05) is 11.0 Å². The van der Waals surface area contributed by atoms with Crippen LogP contribution in [0.5, 0.6) is 5.75 Å². The van der Waals surface area contributed by atoms with Crippen LogP contribution in [-0.4, -0.2) is 19.6 Å². The Hall–Kier alpha value is -1.03. The zero-order valence-electron chi connectivity index (χ0n) is 12.8. The minimum absolute atomic E-state index is 0.0523. The molecule has 1 fully saturated rings. The van der Waals surface area contributed by atoms with Crippen LogP contribution in [0.4, 0.5) is 0 Å². The summed E-state index contributed by atoms with van der Waals surface area (Å²) in [6.07, 6.45) is 6.35. The Morgan fingerprint density at radius 3 is 2.71 bits per heavy atom. The first-order chi connectivity index (χ1) is 10.1. The van der Waals surface area contributed by atoms with E-state index in [0.29, 0.717) is 11.3 Å². The lowest BCUT2D eigenvalue weighted by molar-refractivity contribution is 0.0946. The molecule has 4 heteroatoms. The van der Waals surface area contributed by atoms with Crippen molar-refractivity contribution in [2.24, 2.45) is 11.8 Å². The lowest BCUT2D eigenvalue weighted by Gasteiger charge is -2.26. The summed E-state index contributed by atoms with van der Waals surface area (Å²) in [6, 6.07) is 5.47. The van der Waals surface area contributed by atoms with Gasteiger partial charge in [0.2, 0.25) is 0 Å². The zero-order chi connectivity index (χ0) is 15.2. The minimum atomic E-state index is -0.0523. The molecule has 2 rings (SSSR count). The number of rotatable bonds is 5. The maximum absolute atomic E-state index is 12.2. The summed E-state index contributed by atoms with van der Waals surface area (Å²) >= 11 is 3.38. The molecule has 1 aliphatic rings. The number of ether oxygens (including phenoxy) is 1. The van der Waals surface area contributed by atoms with Crippen LogP contribution in [0.25, 0.3) is 0 Å². The van der Waals surface area contributed by atoms with Gasteiger partial charge in [-0.25, -0.2) is 0 Å². The number of methoxy groups -OCH3 is 1. The molecule has 116 valence electrons. The first-order valence-electron chi connectivity index (χ1n) is 7.72. The first-order valence-corrected chi connectivity index (χ1v) is 8.51. The van der Waals surface area contributed by atoms with E-state index in [9.17, 15) is 4.79 Å². The fraction of sp³-hybridized carbons (Fsp3) is 0.588. The highest BCUT2D eigenvalue weighted by Gasteiger charge is 2.18. The van der Waals surface area contributed by atoms with Crippen LogP contribution in [0.1, 0.15) is 49.4 Å². The van der Waals surface area contributed by atoms with Gasteiger partial charge in [-0.3, -0.25) is 4.79 Å². The molecule has 1 aliphatic carbocycles. The third-order valence-corrected chi connectivity index (χ3v) is 4.88. The summed E-state index contributed by atoms with van der Waals surface area (Å²) in [4.78, 5) is 12.2. The van der Waals surface area contributed by atoms with E-state index in [-0.39, 0.29) is 5.91 Å². The van der Waals surface area contributed by atoms with Crippen LogP contribution in [0.2, 0.25) is 0 Å². The smallest absolute Gasteiger partial charge is 0.255 e. The predicted molar refractivity (Wildman–Crippen MR) is 88.8 cm³/mol. The number of nitrogens with one attached hydrogen (secondary N) is 1. The number of carbonyl (C=O) groups is 1. The van der Waals surface area contributed by atoms with Crippen LogP contribution in [0, 0.1) is 11.8 Å². The molecule has 0 heterocycles. The summed E-state index contributed by atoms with van der Waals surface area (Å²) in [5.74, 6) is 2.20. The average molecular weight is 354 g/mol. The second-order valence-electron chi connectivity index (χ2n) is 6.02. The highest BCUT2D eigenvalue weighted by atomic mass is 79.9. The Bertz CT molecular complexity index is 482. The predicted octanol–water partition coefficient (Wildman–Crippen LogP) is 4.40. The van der Waals surface area contributed by atoms with Gasteiger partial charge in [-0.15, -0.1) is 0 Å². The second-order valence-corrected chi connectivity index (χ2v) is 6.93. The first kappa shape index (κ1) is 16.3. The Morgan fingerprint density at radius 2 is 2.05 bits per heavy atom. The van der Waals surface area contributed by atoms with E-state index in [0.717, 1.165) is 29.3 Å². The van der Waals surface area contributed by atoms with E-state index in [1.54, 1.807) is 13.2 Å². The van der Waals surface area contributed by atoms with E-state index in [4.69, 9.17) is 4.74 Å². The molecule has 0 aliphatic heterocycles. The van der Waals surface area contributed by atoms with Crippen LogP contribution in [0.3, 0.4) is 0 Å². The number of hydrogen-bond acceptors (Lipinski definition) is 2. The number of amides is 1. The van der Waals surface area contributed by atoms with E-state index in [1.807, 2.05) is 12.1 Å². The maximum atomic E-state index is 12.2. The fourth-order valence-electron chi connectivity index (χ4n) is 2.96. The highest BCUT2D eigenvalue weighted by molar-refractivity contribution is 9.10. The van der Waals surface area contributed by atoms with Gasteiger partial charge in [-0.2, -0.15) is 0 Å². The standard InChI is InChI=1S/C17H24BrNO2/c1-12-3-5-13(6-4-12)9-10-19-17(20)15-8-7-14(18)11-16(15)21-2/h7-8,11-13H,3-6,9-10H2,1-2H3,(H,19,20). The summed E-state index contributed by atoms with van der Waals surface area (Å²) in [7, 11) is 1.59. The second kappa shape index (κ2) is 7.83. The monoisotopic (exact) mass is 353 g/mol. The van der Waals surface area contributed by atoms with E-state index in [2.05, 4.69) is 28.2 Å². The van der Waals surface area contributed by atoms with E-state index in [1.165, 1.54) is 25.7 Å². The number of hydrogen-bond donors (Lipinski definition) is 1. The van der Waals surface area contributed by atoms with Crippen LogP contribution >= 0.6 is 15.9 Å². The maximum Gasteiger partial charge on any atom is 0.255 e. The topological polar surface area (TPSA) is 38.3 Å². The molecule has 0 unspecified atom stereocenters. The van der Waals surface area contributed by atoms with Crippen LogP contribution in [0.15, 0.2) is 22.7 Å². The molecule has 0 spiro atoms. The van der Waals surface area contributed by atoms with E-state index < -0.39 is 0 Å². The molecular formula is C17H24BrNO2. The lowest BCUT2D eigenvalue weighted by Crippen LogP contribution is -2.27. The highest BCUT2D eigenvalue weighted by Crippen LogP contribution is 2.30. The Balaban J connectivity index is 1.82. The molecule has 1 N–H and O–H groups in total. The molecule has 1 amide bonds. The number of benzene rings is 1. The molecule has 3 nitrogen and oxygen atoms in total. The molecule has 0 aromatic heterocycles. The molecule has 0 atom stereocenters. The largest absolute Gasteiger partial charge is 0.496 e. The molecule has 1 aromatic rings. The summed E-state index contributed by atoms with van der Waals surface area (Å²) < 4.78 is 6.17. The van der Waals surface area contributed by atoms with Crippen molar-refractivity contribution in [2.75, 3.05) is 13.7 Å². The normalized spacial score (nSPS) is 21.9. The van der Waals surface area contributed by atoms with Gasteiger partial charge in [0.25, 0.3) is 5.91 Å². The van der Waals surface area contributed by atoms with Gasteiger partial charge in [-0.05, 0) is 36.5 Å². The Kier molecular flexibility index (Phi) is 6.09. The number of halogens is 1. The third kappa shape index (κ3) is 4.73. The molecule has 1 aromatic carbocycles. The third-order valence-electron chi connectivity index (χ3n) is 4.38. The quantitative estimate of drug-likeness (QED) is 0.851. The van der Waals surface area contributed by atoms with Crippen molar-refractivity contribution in [2.45, 2.75) is 39.0 Å². The van der Waals surface area contributed by atoms with Crippen molar-refractivity contribution in [3.05, 3.63) is 28.2 Å². The molecule has 0 radical (unpaired) electrons. The van der Waals surface area contributed by atoms with Gasteiger partial charge >= 0.3 is 0 Å². The zero-order valence-corrected chi connectivity index (χ0v) is 14.4. The van der Waals surface area contributed by atoms with Crippen molar-refractivity contribution < 1.29 is 9.53 Å². The van der Waals surface area contributed by atoms with Gasteiger partial charge in [0.05, 0.1) is 12.7 Å². The SMILES string of the molecule is COc1cc(Br)ccc1C(=O)NCCC1CCC(C)CC1. The lowest BCUT2D eigenvalue weighted by atomic mass is 9.81. The molecule has 1 saturated carbocycles. The number of carbonyl (C=O) groups excluding carboxylic acids is 1. The van der Waals surface area contributed by atoms with Crippen LogP contribution in [-0.2, 0) is 0 Å². The van der Waals surface area contributed by atoms with Crippen molar-refractivity contribution in [1.82, 2.24) is 5.32 Å². The Morgan fingerprint density at radius 1 is 1.33 bits per heavy atom. The summed E-state index contributed by atoms with van der Waals surface area (Å²) in [5.41, 5.74) is 0.595. The summed E-state index contributed by atoms with van der Waals surface area (Å²) in [5, 5.41) is 3.02. The fourth-order valence-corrected chi connectivity index (χ4v) is 3.30. The van der Waals surface area contributed by atoms with Gasteiger partial charge < -0.3 is 10.1 Å². The van der Waals surface area contributed by atoms with Crippen molar-refractivity contribution in [1.29, 1.82) is 0 Å². The Labute approximate surface area is 135 Å².